The third-order valence-corrected chi connectivity index (χ3v) is 4.98. The van der Waals surface area contributed by atoms with Crippen LogP contribution < -0.4 is 5.73 Å². The van der Waals surface area contributed by atoms with E-state index in [2.05, 4.69) is 5.10 Å². The molecule has 110 valence electrons. The predicted molar refractivity (Wildman–Crippen MR) is 73.2 cm³/mol. The standard InChI is InChI=1S/C11H22N4O3S/c1-5-14-7-10(11(12)13-14)19(16,17)15(6-2)9(3)8-18-4/h7,9H,5-6,8H2,1-4H3,(H2,12,13). The second-order valence-electron chi connectivity index (χ2n) is 4.25. The number of likely N-dealkylation sites (N-methyl/N-ethyl adjacent to an activating group) is 1. The van der Waals surface area contributed by atoms with Gasteiger partial charge in [-0.3, -0.25) is 4.68 Å². The summed E-state index contributed by atoms with van der Waals surface area (Å²) in [7, 11) is -2.11. The summed E-state index contributed by atoms with van der Waals surface area (Å²) in [5.74, 6) is 0.0323. The Balaban J connectivity index is 3.16. The van der Waals surface area contributed by atoms with Gasteiger partial charge in [0.05, 0.1) is 6.61 Å². The molecule has 0 amide bonds. The van der Waals surface area contributed by atoms with Gasteiger partial charge >= 0.3 is 0 Å². The number of nitrogens with zero attached hydrogens (tertiary/aromatic N) is 3. The molecule has 0 radical (unpaired) electrons. The highest BCUT2D eigenvalue weighted by Crippen LogP contribution is 2.22. The molecule has 0 saturated carbocycles. The molecular weight excluding hydrogens is 268 g/mol. The number of anilines is 1. The van der Waals surface area contributed by atoms with Crippen LogP contribution in [0.2, 0.25) is 0 Å². The molecule has 0 saturated heterocycles. The van der Waals surface area contributed by atoms with Crippen molar-refractivity contribution in [3.05, 3.63) is 6.20 Å². The Kier molecular flexibility index (Phi) is 5.33. The first-order chi connectivity index (χ1) is 8.88. The van der Waals surface area contributed by atoms with Crippen LogP contribution in [0.5, 0.6) is 0 Å². The molecule has 0 aliphatic heterocycles. The molecule has 0 aliphatic carbocycles. The van der Waals surface area contributed by atoms with Gasteiger partial charge in [0.2, 0.25) is 10.0 Å². The van der Waals surface area contributed by atoms with Gasteiger partial charge in [0, 0.05) is 32.4 Å². The summed E-state index contributed by atoms with van der Waals surface area (Å²) < 4.78 is 33.0. The third-order valence-electron chi connectivity index (χ3n) is 2.88. The zero-order chi connectivity index (χ0) is 14.6. The topological polar surface area (TPSA) is 90.5 Å². The van der Waals surface area contributed by atoms with Gasteiger partial charge in [0.15, 0.2) is 5.82 Å². The minimum atomic E-state index is -3.65. The van der Waals surface area contributed by atoms with Crippen molar-refractivity contribution < 1.29 is 13.2 Å². The van der Waals surface area contributed by atoms with E-state index in [1.165, 1.54) is 15.2 Å². The second-order valence-corrected chi connectivity index (χ2v) is 6.11. The molecule has 0 aliphatic rings. The van der Waals surface area contributed by atoms with Crippen LogP contribution in [0.25, 0.3) is 0 Å². The first-order valence-electron chi connectivity index (χ1n) is 6.22. The lowest BCUT2D eigenvalue weighted by Crippen LogP contribution is -2.40. The molecular formula is C11H22N4O3S. The van der Waals surface area contributed by atoms with Crippen LogP contribution in [0.15, 0.2) is 11.1 Å². The maximum atomic E-state index is 12.6. The molecule has 1 rings (SSSR count). The SMILES string of the molecule is CCN(C(C)COC)S(=O)(=O)c1cn(CC)nc1N. The lowest BCUT2D eigenvalue weighted by molar-refractivity contribution is 0.142. The Bertz CT molecular complexity index is 512. The van der Waals surface area contributed by atoms with Crippen LogP contribution >= 0.6 is 0 Å². The molecule has 19 heavy (non-hydrogen) atoms. The summed E-state index contributed by atoms with van der Waals surface area (Å²) >= 11 is 0. The van der Waals surface area contributed by atoms with Crippen molar-refractivity contribution in [1.29, 1.82) is 0 Å². The number of rotatable bonds is 7. The van der Waals surface area contributed by atoms with Gasteiger partial charge in [0.25, 0.3) is 0 Å². The molecule has 0 spiro atoms. The van der Waals surface area contributed by atoms with Crippen LogP contribution in [-0.2, 0) is 21.3 Å². The average Bonchev–Trinajstić information content (AvgIpc) is 2.72. The van der Waals surface area contributed by atoms with Crippen LogP contribution in [0.1, 0.15) is 20.8 Å². The number of nitrogen functional groups attached to an aromatic ring is 1. The summed E-state index contributed by atoms with van der Waals surface area (Å²) in [6, 6.07) is -0.260. The fraction of sp³-hybridized carbons (Fsp3) is 0.727. The van der Waals surface area contributed by atoms with E-state index < -0.39 is 10.0 Å². The van der Waals surface area contributed by atoms with E-state index in [-0.39, 0.29) is 16.8 Å². The molecule has 1 aromatic heterocycles. The quantitative estimate of drug-likeness (QED) is 0.791. The van der Waals surface area contributed by atoms with Crippen LogP contribution in [0, 0.1) is 0 Å². The van der Waals surface area contributed by atoms with Crippen LogP contribution in [-0.4, -0.2) is 48.8 Å². The number of nitrogens with two attached hydrogens (primary N) is 1. The molecule has 1 aromatic rings. The molecule has 2 N–H and O–H groups in total. The van der Waals surface area contributed by atoms with E-state index in [1.807, 2.05) is 6.92 Å². The normalized spacial score (nSPS) is 13.9. The number of hydrogen-bond acceptors (Lipinski definition) is 5. The summed E-state index contributed by atoms with van der Waals surface area (Å²) in [5, 5.41) is 3.97. The van der Waals surface area contributed by atoms with E-state index in [0.717, 1.165) is 0 Å². The number of ether oxygens (including phenoxy) is 1. The van der Waals surface area contributed by atoms with Gasteiger partial charge in [-0.1, -0.05) is 6.92 Å². The van der Waals surface area contributed by atoms with Gasteiger partial charge in [0.1, 0.15) is 4.90 Å². The Morgan fingerprint density at radius 2 is 2.16 bits per heavy atom. The molecule has 0 aromatic carbocycles. The van der Waals surface area contributed by atoms with E-state index >= 15 is 0 Å². The number of aryl methyl sites for hydroxylation is 1. The lowest BCUT2D eigenvalue weighted by atomic mass is 10.4. The smallest absolute Gasteiger partial charge is 0.248 e. The van der Waals surface area contributed by atoms with E-state index in [1.54, 1.807) is 21.0 Å². The van der Waals surface area contributed by atoms with Crippen LogP contribution in [0.3, 0.4) is 0 Å². The van der Waals surface area contributed by atoms with Crippen LogP contribution in [0.4, 0.5) is 5.82 Å². The molecule has 1 heterocycles. The van der Waals surface area contributed by atoms with E-state index in [0.29, 0.717) is 19.7 Å². The number of sulfonamides is 1. The molecule has 1 atom stereocenters. The van der Waals surface area contributed by atoms with Crippen molar-refractivity contribution in [1.82, 2.24) is 14.1 Å². The van der Waals surface area contributed by atoms with Gasteiger partial charge in [-0.15, -0.1) is 0 Å². The van der Waals surface area contributed by atoms with Crippen molar-refractivity contribution in [2.24, 2.45) is 0 Å². The maximum absolute atomic E-state index is 12.6. The highest BCUT2D eigenvalue weighted by Gasteiger charge is 2.31. The predicted octanol–water partition coefficient (Wildman–Crippen LogP) is 0.531. The minimum absolute atomic E-state index is 0.0323. The molecule has 1 unspecified atom stereocenters. The zero-order valence-corrected chi connectivity index (χ0v) is 12.6. The Hall–Kier alpha value is -1.12. The maximum Gasteiger partial charge on any atom is 0.248 e. The van der Waals surface area contributed by atoms with Crippen molar-refractivity contribution in [2.45, 2.75) is 38.3 Å². The first kappa shape index (κ1) is 15.9. The van der Waals surface area contributed by atoms with E-state index in [4.69, 9.17) is 10.5 Å². The summed E-state index contributed by atoms with van der Waals surface area (Å²) in [6.07, 6.45) is 1.47. The van der Waals surface area contributed by atoms with Gasteiger partial charge in [-0.2, -0.15) is 9.40 Å². The Morgan fingerprint density at radius 1 is 1.53 bits per heavy atom. The average molecular weight is 290 g/mol. The van der Waals surface area contributed by atoms with Gasteiger partial charge in [-0.25, -0.2) is 8.42 Å². The number of methoxy groups -OCH3 is 1. The monoisotopic (exact) mass is 290 g/mol. The van der Waals surface area contributed by atoms with Crippen molar-refractivity contribution in [3.8, 4) is 0 Å². The summed E-state index contributed by atoms with van der Waals surface area (Å²) in [4.78, 5) is 0.0548. The Morgan fingerprint density at radius 3 is 2.58 bits per heavy atom. The largest absolute Gasteiger partial charge is 0.383 e. The fourth-order valence-corrected chi connectivity index (χ4v) is 3.64. The van der Waals surface area contributed by atoms with Gasteiger partial charge < -0.3 is 10.5 Å². The highest BCUT2D eigenvalue weighted by molar-refractivity contribution is 7.89. The fourth-order valence-electron chi connectivity index (χ4n) is 1.95. The molecule has 0 fully saturated rings. The molecule has 8 heteroatoms. The Labute approximate surface area is 114 Å². The summed E-state index contributed by atoms with van der Waals surface area (Å²) in [6.45, 7) is 6.70. The zero-order valence-electron chi connectivity index (χ0n) is 11.8. The minimum Gasteiger partial charge on any atom is -0.383 e. The summed E-state index contributed by atoms with van der Waals surface area (Å²) in [5.41, 5.74) is 5.70. The van der Waals surface area contributed by atoms with Gasteiger partial charge in [-0.05, 0) is 13.8 Å². The van der Waals surface area contributed by atoms with Crippen molar-refractivity contribution in [2.75, 3.05) is 26.0 Å². The highest BCUT2D eigenvalue weighted by atomic mass is 32.2. The lowest BCUT2D eigenvalue weighted by Gasteiger charge is -2.26. The number of hydrogen-bond donors (Lipinski definition) is 1. The third kappa shape index (κ3) is 3.26. The molecule has 7 nitrogen and oxygen atoms in total. The van der Waals surface area contributed by atoms with Crippen molar-refractivity contribution in [3.63, 3.8) is 0 Å². The number of aromatic nitrogens is 2. The van der Waals surface area contributed by atoms with Crippen molar-refractivity contribution >= 4 is 15.8 Å². The second kappa shape index (κ2) is 6.36. The molecule has 0 bridgehead atoms. The van der Waals surface area contributed by atoms with E-state index in [9.17, 15) is 8.42 Å². The first-order valence-corrected chi connectivity index (χ1v) is 7.66.